The van der Waals surface area contributed by atoms with Crippen molar-refractivity contribution >= 4 is 55.0 Å². The standard InChI is InChI=1S/C14H9ClN2O.Tl/c15-12-6-14-13(16-8-17-14)5-11(12)10-3-1-9(7-18)2-4-10;/h1-8H,(H,16,17,18);/q;+1/p-1. The average molecular weight is 460 g/mol. The van der Waals surface area contributed by atoms with Gasteiger partial charge in [0.05, 0.1) is 0 Å². The Labute approximate surface area is 131 Å². The van der Waals surface area contributed by atoms with E-state index in [1.54, 1.807) is 12.1 Å². The summed E-state index contributed by atoms with van der Waals surface area (Å²) in [5.74, 6) is 0. The second kappa shape index (κ2) is 5.05. The summed E-state index contributed by atoms with van der Waals surface area (Å²) in [4.78, 5) is 15.0. The number of halogens is 1. The number of carbonyl (C=O) groups is 1. The van der Waals surface area contributed by atoms with E-state index in [-0.39, 0.29) is 0 Å². The van der Waals surface area contributed by atoms with Crippen molar-refractivity contribution in [2.24, 2.45) is 0 Å². The van der Waals surface area contributed by atoms with Crippen LogP contribution in [0.5, 0.6) is 0 Å². The number of benzene rings is 2. The van der Waals surface area contributed by atoms with Crippen LogP contribution in [0, 0.1) is 0 Å². The van der Waals surface area contributed by atoms with Crippen molar-refractivity contribution in [2.75, 3.05) is 0 Å². The fraction of sp³-hybridized carbons (Fsp3) is 0. The molecule has 3 aromatic rings. The van der Waals surface area contributed by atoms with Gasteiger partial charge in [0.1, 0.15) is 0 Å². The van der Waals surface area contributed by atoms with E-state index < -0.39 is 0 Å². The first-order valence-corrected chi connectivity index (χ1v) is 8.05. The normalized spacial score (nSPS) is 10.7. The van der Waals surface area contributed by atoms with E-state index in [9.17, 15) is 4.79 Å². The van der Waals surface area contributed by atoms with Gasteiger partial charge in [-0.3, -0.25) is 0 Å². The van der Waals surface area contributed by atoms with Gasteiger partial charge in [0.15, 0.2) is 0 Å². The summed E-state index contributed by atoms with van der Waals surface area (Å²) in [6.45, 7) is 0. The van der Waals surface area contributed by atoms with Crippen LogP contribution in [0.15, 0.2) is 42.7 Å². The number of aldehydes is 1. The number of hydrogen-bond donors (Lipinski definition) is 0. The van der Waals surface area contributed by atoms with Crippen molar-refractivity contribution in [3.8, 4) is 11.1 Å². The molecule has 90 valence electrons. The molecule has 3 rings (SSSR count). The Balaban J connectivity index is 2.17. The van der Waals surface area contributed by atoms with Crippen LogP contribution in [0.1, 0.15) is 10.4 Å². The molecule has 0 unspecified atom stereocenters. The monoisotopic (exact) mass is 460 g/mol. The van der Waals surface area contributed by atoms with Crippen LogP contribution in [0.25, 0.3) is 22.2 Å². The third kappa shape index (κ3) is 2.32. The molecule has 2 aromatic carbocycles. The van der Waals surface area contributed by atoms with Crippen molar-refractivity contribution in [1.82, 2.24) is 7.36 Å². The summed E-state index contributed by atoms with van der Waals surface area (Å²) in [5.41, 5.74) is 4.61. The van der Waals surface area contributed by atoms with E-state index >= 15 is 0 Å². The van der Waals surface area contributed by atoms with Crippen LogP contribution in [0.4, 0.5) is 0 Å². The van der Waals surface area contributed by atoms with Gasteiger partial charge in [0.25, 0.3) is 0 Å². The second-order valence-corrected chi connectivity index (χ2v) is 6.78. The van der Waals surface area contributed by atoms with Gasteiger partial charge in [0.2, 0.25) is 0 Å². The van der Waals surface area contributed by atoms with Gasteiger partial charge < -0.3 is 0 Å². The number of hydrogen-bond acceptors (Lipinski definition) is 2. The van der Waals surface area contributed by atoms with E-state index in [0.29, 0.717) is 36.7 Å². The Kier molecular flexibility index (Phi) is 3.41. The molecule has 0 radical (unpaired) electrons. The van der Waals surface area contributed by atoms with Crippen LogP contribution < -0.4 is 0 Å². The van der Waals surface area contributed by atoms with Crippen LogP contribution in [0.2, 0.25) is 5.02 Å². The zero-order valence-corrected chi connectivity index (χ0v) is 15.1. The molecule has 0 aliphatic carbocycles. The summed E-state index contributed by atoms with van der Waals surface area (Å²) >= 11 is 7.02. The van der Waals surface area contributed by atoms with Gasteiger partial charge in [0, 0.05) is 0 Å². The molecule has 0 aliphatic heterocycles. The molecule has 5 heteroatoms. The number of rotatable bonds is 2. The zero-order chi connectivity index (χ0) is 13.4. The van der Waals surface area contributed by atoms with Crippen molar-refractivity contribution in [3.63, 3.8) is 0 Å². The molecule has 19 heavy (non-hydrogen) atoms. The molecule has 0 saturated heterocycles. The van der Waals surface area contributed by atoms with Crippen molar-refractivity contribution in [3.05, 3.63) is 53.3 Å². The summed E-state index contributed by atoms with van der Waals surface area (Å²) < 4.78 is 2.10. The molecular formula is C14H8ClN2OTl. The predicted molar refractivity (Wildman–Crippen MR) is 76.7 cm³/mol. The second-order valence-electron chi connectivity index (χ2n) is 4.21. The number of imidazole rings is 1. The molecule has 1 aromatic heterocycles. The van der Waals surface area contributed by atoms with Crippen LogP contribution in [0.3, 0.4) is 0 Å². The fourth-order valence-corrected chi connectivity index (χ4v) is 3.34. The Morgan fingerprint density at radius 3 is 2.63 bits per heavy atom. The minimum absolute atomic E-state index is 0.658. The molecule has 0 aliphatic rings. The van der Waals surface area contributed by atoms with Crippen LogP contribution in [-0.4, -0.2) is 39.7 Å². The first-order valence-electron chi connectivity index (χ1n) is 5.66. The van der Waals surface area contributed by atoms with Gasteiger partial charge in [-0.25, -0.2) is 0 Å². The van der Waals surface area contributed by atoms with Gasteiger partial charge >= 0.3 is 132 Å². The van der Waals surface area contributed by atoms with Crippen LogP contribution in [-0.2, 0) is 0 Å². The number of aromatic nitrogens is 2. The molecule has 0 amide bonds. The third-order valence-corrected chi connectivity index (χ3v) is 4.93. The maximum absolute atomic E-state index is 10.7. The quantitative estimate of drug-likeness (QED) is 0.436. The summed E-state index contributed by atoms with van der Waals surface area (Å²) in [5, 5.41) is 0.703. The molecular weight excluding hydrogens is 452 g/mol. The Morgan fingerprint density at radius 2 is 1.95 bits per heavy atom. The van der Waals surface area contributed by atoms with E-state index in [4.69, 9.17) is 11.6 Å². The van der Waals surface area contributed by atoms with Crippen molar-refractivity contribution < 1.29 is 4.79 Å². The number of fused-ring (bicyclic) bond motifs is 1. The summed E-state index contributed by atoms with van der Waals surface area (Å²) in [6.07, 6.45) is 2.67. The molecule has 3 nitrogen and oxygen atoms in total. The molecule has 1 heterocycles. The number of nitrogens with zero attached hydrogens (tertiary/aromatic N) is 2. The van der Waals surface area contributed by atoms with E-state index in [1.807, 2.05) is 30.6 Å². The molecule has 0 spiro atoms. The minimum atomic E-state index is 0.658. The first-order chi connectivity index (χ1) is 9.19. The van der Waals surface area contributed by atoms with E-state index in [1.165, 1.54) is 0 Å². The summed E-state index contributed by atoms with van der Waals surface area (Å²) in [6, 6.07) is 11.3. The maximum atomic E-state index is 10.7. The van der Waals surface area contributed by atoms with Gasteiger partial charge in [-0.2, -0.15) is 0 Å². The summed E-state index contributed by atoms with van der Waals surface area (Å²) in [7, 11) is 0. The molecule has 0 bridgehead atoms. The van der Waals surface area contributed by atoms with Gasteiger partial charge in [-0.15, -0.1) is 0 Å². The SMILES string of the molecule is O=Cc1ccc(-c2cc3nc[n]([Tl])c3cc2Cl)cc1. The first kappa shape index (κ1) is 12.8. The van der Waals surface area contributed by atoms with Crippen molar-refractivity contribution in [2.45, 2.75) is 0 Å². The topological polar surface area (TPSA) is 34.9 Å². The Hall–Kier alpha value is -1.21. The zero-order valence-electron chi connectivity index (χ0n) is 9.88. The van der Waals surface area contributed by atoms with E-state index in [2.05, 4.69) is 7.36 Å². The van der Waals surface area contributed by atoms with Gasteiger partial charge in [-0.1, -0.05) is 0 Å². The molecule has 0 fully saturated rings. The third-order valence-electron chi connectivity index (χ3n) is 3.02. The van der Waals surface area contributed by atoms with E-state index in [0.717, 1.165) is 28.4 Å². The van der Waals surface area contributed by atoms with Crippen LogP contribution >= 0.6 is 11.6 Å². The average Bonchev–Trinajstić information content (AvgIpc) is 2.79. The predicted octanol–water partition coefficient (Wildman–Crippen LogP) is 3.10. The van der Waals surface area contributed by atoms with Gasteiger partial charge in [-0.05, 0) is 0 Å². The molecule has 0 saturated carbocycles. The molecule has 0 N–H and O–H groups in total. The molecule has 0 atom stereocenters. The Morgan fingerprint density at radius 1 is 1.21 bits per heavy atom. The van der Waals surface area contributed by atoms with Crippen molar-refractivity contribution in [1.29, 1.82) is 0 Å². The Bertz CT molecular complexity index is 765. The fourth-order valence-electron chi connectivity index (χ4n) is 2.01. The number of carbonyl (C=O) groups excluding carboxylic acids is 1.